The largest absolute Gasteiger partial charge is 0.495 e. The number of hydrogen-bond donors (Lipinski definition) is 1. The van der Waals surface area contributed by atoms with E-state index in [0.29, 0.717) is 23.8 Å². The van der Waals surface area contributed by atoms with Crippen LogP contribution in [0, 0.1) is 0 Å². The lowest BCUT2D eigenvalue weighted by Gasteiger charge is -2.21. The van der Waals surface area contributed by atoms with Crippen molar-refractivity contribution in [2.75, 3.05) is 26.1 Å². The van der Waals surface area contributed by atoms with Crippen LogP contribution in [0.3, 0.4) is 0 Å². The van der Waals surface area contributed by atoms with Crippen molar-refractivity contribution in [1.82, 2.24) is 4.31 Å². The summed E-state index contributed by atoms with van der Waals surface area (Å²) in [6, 6.07) is 16.1. The monoisotopic (exact) mass is 456 g/mol. The number of carbonyl (C=O) groups excluding carboxylic acids is 1. The maximum Gasteiger partial charge on any atom is 0.243 e. The maximum atomic E-state index is 13.4. The molecule has 0 atom stereocenters. The van der Waals surface area contributed by atoms with Crippen LogP contribution in [-0.2, 0) is 21.4 Å². The number of carbonyl (C=O) groups is 1. The van der Waals surface area contributed by atoms with Gasteiger partial charge in [-0.1, -0.05) is 37.3 Å². The Morgan fingerprint density at radius 3 is 2.47 bits per heavy atom. The molecule has 0 aromatic heterocycles. The lowest BCUT2D eigenvalue weighted by Crippen LogP contribution is -2.27. The van der Waals surface area contributed by atoms with E-state index in [1.807, 2.05) is 43.3 Å². The molecule has 170 valence electrons. The predicted octanol–water partition coefficient (Wildman–Crippen LogP) is 4.42. The Morgan fingerprint density at radius 1 is 1.06 bits per heavy atom. The van der Waals surface area contributed by atoms with Gasteiger partial charge in [0, 0.05) is 26.1 Å². The molecule has 0 aliphatic rings. The molecule has 0 aliphatic heterocycles. The van der Waals surface area contributed by atoms with Crippen LogP contribution in [0.5, 0.6) is 11.5 Å². The second-order valence-corrected chi connectivity index (χ2v) is 9.46. The average molecular weight is 457 g/mol. The van der Waals surface area contributed by atoms with Crippen molar-refractivity contribution in [2.24, 2.45) is 0 Å². The second-order valence-electron chi connectivity index (χ2n) is 7.42. The summed E-state index contributed by atoms with van der Waals surface area (Å²) in [5.74, 6) is 0.729. The van der Waals surface area contributed by atoms with E-state index < -0.39 is 10.0 Å². The molecule has 3 rings (SSSR count). The fourth-order valence-electron chi connectivity index (χ4n) is 3.45. The summed E-state index contributed by atoms with van der Waals surface area (Å²) in [6.07, 6.45) is 0.845. The molecule has 1 N–H and O–H groups in total. The van der Waals surface area contributed by atoms with Crippen LogP contribution in [0.15, 0.2) is 59.5 Å². The third-order valence-electron chi connectivity index (χ3n) is 5.03. The summed E-state index contributed by atoms with van der Waals surface area (Å²) in [5.41, 5.74) is 1.10. The number of benzene rings is 3. The van der Waals surface area contributed by atoms with E-state index in [2.05, 4.69) is 5.32 Å². The number of methoxy groups -OCH3 is 1. The number of hydrogen-bond acceptors (Lipinski definition) is 5. The van der Waals surface area contributed by atoms with Gasteiger partial charge in [-0.25, -0.2) is 8.42 Å². The SMILES string of the molecule is CCCOc1ccc2ccccc2c1CN(C)S(=O)(=O)c1ccc(OC)c(NC(C)=O)c1. The lowest BCUT2D eigenvalue weighted by molar-refractivity contribution is -0.114. The molecule has 8 heteroatoms. The van der Waals surface area contributed by atoms with Gasteiger partial charge in [0.15, 0.2) is 0 Å². The fraction of sp³-hybridized carbons (Fsp3) is 0.292. The van der Waals surface area contributed by atoms with Crippen molar-refractivity contribution >= 4 is 32.4 Å². The van der Waals surface area contributed by atoms with Crippen molar-refractivity contribution in [1.29, 1.82) is 0 Å². The summed E-state index contributed by atoms with van der Waals surface area (Å²) in [7, 11) is -0.867. The molecule has 0 aliphatic carbocycles. The van der Waals surface area contributed by atoms with Gasteiger partial charge < -0.3 is 14.8 Å². The minimum absolute atomic E-state index is 0.0563. The predicted molar refractivity (Wildman–Crippen MR) is 126 cm³/mol. The zero-order valence-electron chi connectivity index (χ0n) is 18.7. The average Bonchev–Trinajstić information content (AvgIpc) is 2.78. The van der Waals surface area contributed by atoms with Crippen molar-refractivity contribution in [3.8, 4) is 11.5 Å². The Bertz CT molecular complexity index is 1220. The van der Waals surface area contributed by atoms with Crippen molar-refractivity contribution in [3.63, 3.8) is 0 Å². The zero-order chi connectivity index (χ0) is 23.3. The molecule has 3 aromatic rings. The minimum atomic E-state index is -3.86. The molecule has 32 heavy (non-hydrogen) atoms. The number of sulfonamides is 1. The number of nitrogens with zero attached hydrogens (tertiary/aromatic N) is 1. The Morgan fingerprint density at radius 2 is 1.78 bits per heavy atom. The molecular formula is C24H28N2O5S. The highest BCUT2D eigenvalue weighted by Crippen LogP contribution is 2.32. The first kappa shape index (κ1) is 23.6. The molecule has 0 unspecified atom stereocenters. The molecule has 0 bridgehead atoms. The molecular weight excluding hydrogens is 428 g/mol. The van der Waals surface area contributed by atoms with E-state index in [9.17, 15) is 13.2 Å². The van der Waals surface area contributed by atoms with E-state index >= 15 is 0 Å². The molecule has 0 radical (unpaired) electrons. The van der Waals surface area contributed by atoms with Crippen LogP contribution in [-0.4, -0.2) is 39.4 Å². The van der Waals surface area contributed by atoms with E-state index in [-0.39, 0.29) is 17.3 Å². The quantitative estimate of drug-likeness (QED) is 0.515. The van der Waals surface area contributed by atoms with Gasteiger partial charge in [-0.2, -0.15) is 4.31 Å². The topological polar surface area (TPSA) is 84.9 Å². The van der Waals surface area contributed by atoms with E-state index in [1.54, 1.807) is 0 Å². The van der Waals surface area contributed by atoms with Crippen LogP contribution in [0.25, 0.3) is 10.8 Å². The number of amides is 1. The number of nitrogens with one attached hydrogen (secondary N) is 1. The van der Waals surface area contributed by atoms with Crippen molar-refractivity contribution in [2.45, 2.75) is 31.7 Å². The standard InChI is InChI=1S/C24H28N2O5S/c1-5-14-31-23-12-10-18-8-6-7-9-20(18)21(23)16-26(3)32(28,29)19-11-13-24(30-4)22(15-19)25-17(2)27/h6-13,15H,5,14,16H2,1-4H3,(H,25,27). The normalized spacial score (nSPS) is 11.5. The number of rotatable bonds is 9. The molecule has 0 saturated heterocycles. The third-order valence-corrected chi connectivity index (χ3v) is 6.83. The van der Waals surface area contributed by atoms with Crippen LogP contribution < -0.4 is 14.8 Å². The summed E-state index contributed by atoms with van der Waals surface area (Å²) in [5, 5.41) is 4.57. The number of ether oxygens (including phenoxy) is 2. The van der Waals surface area contributed by atoms with Gasteiger partial charge in [0.05, 0.1) is 24.3 Å². The lowest BCUT2D eigenvalue weighted by atomic mass is 10.0. The Labute approximate surface area is 189 Å². The first-order chi connectivity index (χ1) is 15.3. The second kappa shape index (κ2) is 10.0. The zero-order valence-corrected chi connectivity index (χ0v) is 19.5. The van der Waals surface area contributed by atoms with Crippen LogP contribution >= 0.6 is 0 Å². The summed E-state index contributed by atoms with van der Waals surface area (Å²) < 4.78 is 39.2. The number of fused-ring (bicyclic) bond motifs is 1. The summed E-state index contributed by atoms with van der Waals surface area (Å²) in [4.78, 5) is 11.6. The first-order valence-electron chi connectivity index (χ1n) is 10.3. The summed E-state index contributed by atoms with van der Waals surface area (Å²) in [6.45, 7) is 4.04. The highest BCUT2D eigenvalue weighted by molar-refractivity contribution is 7.89. The molecule has 0 saturated carbocycles. The summed E-state index contributed by atoms with van der Waals surface area (Å²) >= 11 is 0. The fourth-order valence-corrected chi connectivity index (χ4v) is 4.61. The van der Waals surface area contributed by atoms with Gasteiger partial charge in [0.2, 0.25) is 15.9 Å². The van der Waals surface area contributed by atoms with Crippen molar-refractivity contribution in [3.05, 3.63) is 60.2 Å². The van der Waals surface area contributed by atoms with E-state index in [4.69, 9.17) is 9.47 Å². The van der Waals surface area contributed by atoms with Gasteiger partial charge in [-0.05, 0) is 41.5 Å². The smallest absolute Gasteiger partial charge is 0.243 e. The van der Waals surface area contributed by atoms with Crippen LogP contribution in [0.1, 0.15) is 25.8 Å². The Balaban J connectivity index is 2.00. The third kappa shape index (κ3) is 5.03. The highest BCUT2D eigenvalue weighted by atomic mass is 32.2. The molecule has 1 amide bonds. The minimum Gasteiger partial charge on any atom is -0.495 e. The molecule has 7 nitrogen and oxygen atoms in total. The van der Waals surface area contributed by atoms with Gasteiger partial charge in [-0.3, -0.25) is 4.79 Å². The molecule has 0 heterocycles. The number of anilines is 1. The molecule has 0 spiro atoms. The highest BCUT2D eigenvalue weighted by Gasteiger charge is 2.24. The van der Waals surface area contributed by atoms with E-state index in [1.165, 1.54) is 43.6 Å². The van der Waals surface area contributed by atoms with Gasteiger partial charge in [0.1, 0.15) is 11.5 Å². The van der Waals surface area contributed by atoms with Crippen molar-refractivity contribution < 1.29 is 22.7 Å². The Hall–Kier alpha value is -3.10. The van der Waals surface area contributed by atoms with Gasteiger partial charge in [0.25, 0.3) is 0 Å². The Kier molecular flexibility index (Phi) is 7.37. The van der Waals surface area contributed by atoms with Gasteiger partial charge >= 0.3 is 0 Å². The maximum absolute atomic E-state index is 13.4. The first-order valence-corrected chi connectivity index (χ1v) is 11.8. The van der Waals surface area contributed by atoms with Crippen LogP contribution in [0.4, 0.5) is 5.69 Å². The van der Waals surface area contributed by atoms with Gasteiger partial charge in [-0.15, -0.1) is 0 Å². The van der Waals surface area contributed by atoms with Crippen LogP contribution in [0.2, 0.25) is 0 Å². The van der Waals surface area contributed by atoms with E-state index in [0.717, 1.165) is 22.8 Å². The molecule has 3 aromatic carbocycles. The molecule has 0 fully saturated rings.